The molecule has 3 rings (SSSR count). The number of rotatable bonds is 4. The van der Waals surface area contributed by atoms with E-state index in [4.69, 9.17) is 4.98 Å². The Morgan fingerprint density at radius 3 is 2.52 bits per heavy atom. The summed E-state index contributed by atoms with van der Waals surface area (Å²) in [6.45, 7) is 14.5. The van der Waals surface area contributed by atoms with Gasteiger partial charge in [0.15, 0.2) is 5.16 Å². The van der Waals surface area contributed by atoms with Gasteiger partial charge in [0.05, 0.1) is 10.6 Å². The van der Waals surface area contributed by atoms with Crippen molar-refractivity contribution in [2.75, 3.05) is 13.1 Å². The average Bonchev–Trinajstić information content (AvgIpc) is 2.87. The molecule has 3 heterocycles. The van der Waals surface area contributed by atoms with Crippen LogP contribution in [0.25, 0.3) is 10.2 Å². The monoisotopic (exact) mass is 407 g/mol. The number of likely N-dealkylation sites (tertiary alicyclic amines) is 1. The highest BCUT2D eigenvalue weighted by Crippen LogP contribution is 2.31. The minimum Gasteiger partial charge on any atom is -0.341 e. The van der Waals surface area contributed by atoms with Gasteiger partial charge in [-0.25, -0.2) is 4.98 Å². The van der Waals surface area contributed by atoms with Crippen LogP contribution < -0.4 is 5.56 Å². The summed E-state index contributed by atoms with van der Waals surface area (Å²) in [4.78, 5) is 34.6. The lowest BCUT2D eigenvalue weighted by atomic mass is 9.92. The van der Waals surface area contributed by atoms with Crippen LogP contribution in [0.3, 0.4) is 0 Å². The number of hydrogen-bond acceptors (Lipinski definition) is 5. The second-order valence-corrected chi connectivity index (χ2v) is 10.4. The van der Waals surface area contributed by atoms with Crippen LogP contribution in [-0.4, -0.2) is 38.7 Å². The summed E-state index contributed by atoms with van der Waals surface area (Å²) in [5, 5.41) is 1.11. The highest BCUT2D eigenvalue weighted by Gasteiger charge is 2.29. The van der Waals surface area contributed by atoms with E-state index in [0.29, 0.717) is 23.5 Å². The summed E-state index contributed by atoms with van der Waals surface area (Å²) in [7, 11) is 0. The number of hydrogen-bond donors (Lipinski definition) is 0. The van der Waals surface area contributed by atoms with Crippen LogP contribution in [0.5, 0.6) is 0 Å². The van der Waals surface area contributed by atoms with Gasteiger partial charge in [-0.05, 0) is 51.5 Å². The molecule has 148 valence electrons. The molecule has 1 aliphatic rings. The molecule has 2 aromatic rings. The van der Waals surface area contributed by atoms with Crippen LogP contribution in [0.15, 0.2) is 9.95 Å². The summed E-state index contributed by atoms with van der Waals surface area (Å²) >= 11 is 2.97. The van der Waals surface area contributed by atoms with Crippen molar-refractivity contribution >= 4 is 39.2 Å². The lowest BCUT2D eigenvalue weighted by Crippen LogP contribution is -2.45. The summed E-state index contributed by atoms with van der Waals surface area (Å²) in [5.74, 6) is 1.22. The number of amides is 1. The summed E-state index contributed by atoms with van der Waals surface area (Å²) in [5.41, 5.74) is 1.03. The molecular formula is C20H29N3O2S2. The molecule has 1 aliphatic heterocycles. The minimum atomic E-state index is -0.258. The van der Waals surface area contributed by atoms with E-state index in [1.807, 2.05) is 32.6 Å². The van der Waals surface area contributed by atoms with Gasteiger partial charge in [0.1, 0.15) is 4.83 Å². The van der Waals surface area contributed by atoms with E-state index in [-0.39, 0.29) is 16.7 Å². The third-order valence-corrected chi connectivity index (χ3v) is 7.56. The standard InChI is InChI=1S/C20H29N3O2S2/c1-7-23-19(25)16-13(4)14(5)26-17(16)21-20(23)27-15(6)18(24)22-9-11(2)8-12(3)10-22/h11-12,15H,7-10H2,1-6H3. The van der Waals surface area contributed by atoms with Gasteiger partial charge in [0, 0.05) is 24.5 Å². The van der Waals surface area contributed by atoms with Crippen LogP contribution in [0.1, 0.15) is 44.6 Å². The number of fused-ring (bicyclic) bond motifs is 1. The fourth-order valence-electron chi connectivity index (χ4n) is 3.99. The van der Waals surface area contributed by atoms with E-state index in [1.54, 1.807) is 15.9 Å². The largest absolute Gasteiger partial charge is 0.341 e. The van der Waals surface area contributed by atoms with E-state index in [2.05, 4.69) is 13.8 Å². The fraction of sp³-hybridized carbons (Fsp3) is 0.650. The third-order valence-electron chi connectivity index (χ3n) is 5.38. The molecule has 5 nitrogen and oxygen atoms in total. The number of aromatic nitrogens is 2. The Morgan fingerprint density at radius 2 is 1.93 bits per heavy atom. The van der Waals surface area contributed by atoms with Gasteiger partial charge in [-0.2, -0.15) is 0 Å². The number of nitrogens with zero attached hydrogens (tertiary/aromatic N) is 3. The summed E-state index contributed by atoms with van der Waals surface area (Å²) < 4.78 is 1.71. The van der Waals surface area contributed by atoms with Crippen LogP contribution in [0, 0.1) is 25.7 Å². The van der Waals surface area contributed by atoms with Crippen LogP contribution in [0.2, 0.25) is 0 Å². The maximum Gasteiger partial charge on any atom is 0.263 e. The van der Waals surface area contributed by atoms with Crippen LogP contribution in [0.4, 0.5) is 0 Å². The zero-order valence-corrected chi connectivity index (χ0v) is 18.7. The molecule has 3 atom stereocenters. The summed E-state index contributed by atoms with van der Waals surface area (Å²) in [6.07, 6.45) is 1.18. The first kappa shape index (κ1) is 20.4. The Hall–Kier alpha value is -1.34. The molecule has 0 spiro atoms. The van der Waals surface area contributed by atoms with E-state index < -0.39 is 0 Å². The van der Waals surface area contributed by atoms with Crippen molar-refractivity contribution in [3.8, 4) is 0 Å². The van der Waals surface area contributed by atoms with Crippen molar-refractivity contribution in [1.29, 1.82) is 0 Å². The van der Waals surface area contributed by atoms with Gasteiger partial charge in [0.2, 0.25) is 5.91 Å². The molecule has 2 aromatic heterocycles. The van der Waals surface area contributed by atoms with E-state index in [1.165, 1.54) is 18.2 Å². The highest BCUT2D eigenvalue weighted by atomic mass is 32.2. The molecule has 0 saturated carbocycles. The SMILES string of the molecule is CCn1c(SC(C)C(=O)N2CC(C)CC(C)C2)nc2sc(C)c(C)c2c1=O. The number of aryl methyl sites for hydroxylation is 2. The lowest BCUT2D eigenvalue weighted by molar-refractivity contribution is -0.132. The first-order chi connectivity index (χ1) is 12.7. The molecular weight excluding hydrogens is 378 g/mol. The van der Waals surface area contributed by atoms with E-state index >= 15 is 0 Å². The second-order valence-electron chi connectivity index (χ2n) is 7.86. The smallest absolute Gasteiger partial charge is 0.263 e. The molecule has 7 heteroatoms. The zero-order chi connectivity index (χ0) is 19.9. The first-order valence-corrected chi connectivity index (χ1v) is 11.4. The van der Waals surface area contributed by atoms with Gasteiger partial charge in [-0.1, -0.05) is 25.6 Å². The van der Waals surface area contributed by atoms with Crippen molar-refractivity contribution in [2.24, 2.45) is 11.8 Å². The average molecular weight is 408 g/mol. The predicted octanol–water partition coefficient (Wildman–Crippen LogP) is 4.08. The van der Waals surface area contributed by atoms with Crippen molar-refractivity contribution < 1.29 is 4.79 Å². The number of piperidine rings is 1. The topological polar surface area (TPSA) is 55.2 Å². The molecule has 1 saturated heterocycles. The van der Waals surface area contributed by atoms with Crippen molar-refractivity contribution in [3.63, 3.8) is 0 Å². The molecule has 1 amide bonds. The normalized spacial score (nSPS) is 21.6. The maximum absolute atomic E-state index is 13.0. The Bertz CT molecular complexity index is 908. The molecule has 3 unspecified atom stereocenters. The minimum absolute atomic E-state index is 0.00622. The van der Waals surface area contributed by atoms with Gasteiger partial charge in [-0.15, -0.1) is 11.3 Å². The van der Waals surface area contributed by atoms with Crippen molar-refractivity contribution in [1.82, 2.24) is 14.5 Å². The van der Waals surface area contributed by atoms with Gasteiger partial charge >= 0.3 is 0 Å². The summed E-state index contributed by atoms with van der Waals surface area (Å²) in [6, 6.07) is 0. The predicted molar refractivity (Wildman–Crippen MR) is 114 cm³/mol. The molecule has 0 aromatic carbocycles. The molecule has 0 aliphatic carbocycles. The molecule has 0 radical (unpaired) electrons. The molecule has 1 fully saturated rings. The number of thioether (sulfide) groups is 1. The Balaban J connectivity index is 1.89. The molecule has 27 heavy (non-hydrogen) atoms. The second kappa shape index (κ2) is 7.95. The lowest BCUT2D eigenvalue weighted by Gasteiger charge is -2.36. The quantitative estimate of drug-likeness (QED) is 0.566. The van der Waals surface area contributed by atoms with Crippen LogP contribution >= 0.6 is 23.1 Å². The van der Waals surface area contributed by atoms with Gasteiger partial charge in [0.25, 0.3) is 5.56 Å². The van der Waals surface area contributed by atoms with Crippen molar-refractivity contribution in [3.05, 3.63) is 20.8 Å². The maximum atomic E-state index is 13.0. The van der Waals surface area contributed by atoms with Crippen molar-refractivity contribution in [2.45, 2.75) is 64.9 Å². The van der Waals surface area contributed by atoms with Crippen LogP contribution in [-0.2, 0) is 11.3 Å². The van der Waals surface area contributed by atoms with Gasteiger partial charge < -0.3 is 4.90 Å². The Labute approximate surface area is 169 Å². The van der Waals surface area contributed by atoms with E-state index in [9.17, 15) is 9.59 Å². The Morgan fingerprint density at radius 1 is 1.30 bits per heavy atom. The number of carbonyl (C=O) groups excluding carboxylic acids is 1. The van der Waals surface area contributed by atoms with E-state index in [0.717, 1.165) is 33.7 Å². The Kier molecular flexibility index (Phi) is 6.01. The highest BCUT2D eigenvalue weighted by molar-refractivity contribution is 8.00. The first-order valence-electron chi connectivity index (χ1n) is 9.68. The zero-order valence-electron chi connectivity index (χ0n) is 17.0. The van der Waals surface area contributed by atoms with Gasteiger partial charge in [-0.3, -0.25) is 14.2 Å². The molecule has 0 N–H and O–H groups in total. The number of carbonyl (C=O) groups is 1. The third kappa shape index (κ3) is 3.94. The number of thiophene rings is 1. The fourth-order valence-corrected chi connectivity index (χ4v) is 6.11. The molecule has 0 bridgehead atoms.